The highest BCUT2D eigenvalue weighted by Gasteiger charge is 2.34. The van der Waals surface area contributed by atoms with E-state index >= 15 is 0 Å². The third kappa shape index (κ3) is 6.73. The Labute approximate surface area is 213 Å². The van der Waals surface area contributed by atoms with E-state index in [0.717, 1.165) is 26.5 Å². The number of benzene rings is 3. The van der Waals surface area contributed by atoms with Crippen LogP contribution in [0.1, 0.15) is 21.8 Å². The Morgan fingerprint density at radius 2 is 1.51 bits per heavy atom. The summed E-state index contributed by atoms with van der Waals surface area (Å²) in [6.07, 6.45) is 0. The van der Waals surface area contributed by atoms with Gasteiger partial charge in [-0.3, -0.25) is 4.79 Å². The van der Waals surface area contributed by atoms with E-state index in [2.05, 4.69) is 22.8 Å². The summed E-state index contributed by atoms with van der Waals surface area (Å²) >= 11 is 5.81. The number of thiol groups is 1. The van der Waals surface area contributed by atoms with E-state index in [1.165, 1.54) is 0 Å². The summed E-state index contributed by atoms with van der Waals surface area (Å²) in [6, 6.07) is 24.6. The summed E-state index contributed by atoms with van der Waals surface area (Å²) in [4.78, 5) is 16.2. The molecule has 9 heteroatoms. The smallest absolute Gasteiger partial charge is 0.311 e. The molecule has 0 radical (unpaired) electrons. The van der Waals surface area contributed by atoms with E-state index in [-0.39, 0.29) is 25.0 Å². The number of aliphatic hydroxyl groups is 2. The fraction of sp³-hybridized carbons (Fsp3) is 0.192. The van der Waals surface area contributed by atoms with Crippen molar-refractivity contribution in [1.29, 1.82) is 0 Å². The number of carbonyl (C=O) groups is 1. The highest BCUT2D eigenvalue weighted by atomic mass is 32.2. The van der Waals surface area contributed by atoms with Crippen LogP contribution in [0.5, 0.6) is 0 Å². The van der Waals surface area contributed by atoms with Gasteiger partial charge >= 0.3 is 11.8 Å². The lowest BCUT2D eigenvalue weighted by Crippen LogP contribution is -2.52. The Morgan fingerprint density at radius 1 is 0.914 bits per heavy atom. The molecule has 7 nitrogen and oxygen atoms in total. The molecular weight excluding hydrogens is 482 g/mol. The highest BCUT2D eigenvalue weighted by molar-refractivity contribution is 8.00. The van der Waals surface area contributed by atoms with E-state index in [9.17, 15) is 4.79 Å². The Morgan fingerprint density at radius 3 is 2.11 bits per heavy atom. The zero-order valence-corrected chi connectivity index (χ0v) is 20.5. The van der Waals surface area contributed by atoms with Gasteiger partial charge in [0.15, 0.2) is 0 Å². The van der Waals surface area contributed by atoms with Gasteiger partial charge in [-0.1, -0.05) is 42.5 Å². The van der Waals surface area contributed by atoms with Crippen LogP contribution in [0.2, 0.25) is 0 Å². The van der Waals surface area contributed by atoms with Crippen LogP contribution >= 0.6 is 24.4 Å². The van der Waals surface area contributed by atoms with Crippen molar-refractivity contribution in [1.82, 2.24) is 15.1 Å². The Balaban J connectivity index is 0.000000271. The van der Waals surface area contributed by atoms with E-state index < -0.39 is 0 Å². The van der Waals surface area contributed by atoms with Gasteiger partial charge in [0, 0.05) is 33.7 Å². The fourth-order valence-corrected chi connectivity index (χ4v) is 4.62. The molecule has 180 valence electrons. The number of carbonyl (C=O) groups excluding carboxylic acids is 1. The molecule has 3 aromatic carbocycles. The van der Waals surface area contributed by atoms with Gasteiger partial charge < -0.3 is 19.5 Å². The summed E-state index contributed by atoms with van der Waals surface area (Å²) in [7, 11) is 0. The normalized spacial score (nSPS) is 13.1. The first-order valence-corrected chi connectivity index (χ1v) is 12.3. The minimum absolute atomic E-state index is 0.0274. The summed E-state index contributed by atoms with van der Waals surface area (Å²) < 4.78 is 5.52. The van der Waals surface area contributed by atoms with Crippen LogP contribution in [0.15, 0.2) is 93.1 Å². The summed E-state index contributed by atoms with van der Waals surface area (Å²) in [5.74, 6) is 0.149. The van der Waals surface area contributed by atoms with Gasteiger partial charge in [0.2, 0.25) is 5.89 Å². The number of hydrogen-bond donors (Lipinski definition) is 3. The molecule has 4 aromatic rings. The lowest BCUT2D eigenvalue weighted by molar-refractivity contribution is 0.0623. The van der Waals surface area contributed by atoms with Crippen LogP contribution in [0.4, 0.5) is 0 Å². The molecule has 35 heavy (non-hydrogen) atoms. The fourth-order valence-electron chi connectivity index (χ4n) is 3.29. The Kier molecular flexibility index (Phi) is 8.59. The number of amides is 1. The molecule has 0 aliphatic carbocycles. The van der Waals surface area contributed by atoms with Gasteiger partial charge in [-0.05, 0) is 47.5 Å². The number of rotatable bonds is 6. The Hall–Kier alpha value is -3.11. The third-order valence-corrected chi connectivity index (χ3v) is 6.77. The van der Waals surface area contributed by atoms with E-state index in [4.69, 9.17) is 14.6 Å². The van der Waals surface area contributed by atoms with Gasteiger partial charge in [-0.2, -0.15) is 0 Å². The minimum atomic E-state index is -0.229. The average Bonchev–Trinajstić information content (AvgIpc) is 3.38. The van der Waals surface area contributed by atoms with E-state index in [0.29, 0.717) is 24.2 Å². The van der Waals surface area contributed by atoms with Crippen molar-refractivity contribution >= 4 is 30.3 Å². The molecule has 1 aliphatic rings. The van der Waals surface area contributed by atoms with Crippen LogP contribution in [-0.2, 0) is 13.2 Å². The van der Waals surface area contributed by atoms with Crippen LogP contribution < -0.4 is 0 Å². The molecule has 5 rings (SSSR count). The summed E-state index contributed by atoms with van der Waals surface area (Å²) in [5.41, 5.74) is 2.61. The highest BCUT2D eigenvalue weighted by Crippen LogP contribution is 2.31. The monoisotopic (exact) mass is 507 g/mol. The number of hydrogen-bond acceptors (Lipinski definition) is 8. The molecule has 1 aliphatic heterocycles. The predicted octanol–water partition coefficient (Wildman–Crippen LogP) is 4.31. The first-order valence-electron chi connectivity index (χ1n) is 11.0. The van der Waals surface area contributed by atoms with Crippen molar-refractivity contribution in [3.63, 3.8) is 0 Å². The second kappa shape index (κ2) is 12.0. The minimum Gasteiger partial charge on any atom is -0.412 e. The molecule has 0 saturated carbocycles. The first kappa shape index (κ1) is 25.0. The molecule has 1 fully saturated rings. The van der Waals surface area contributed by atoms with Crippen molar-refractivity contribution in [2.45, 2.75) is 28.3 Å². The molecule has 2 N–H and O–H groups in total. The molecule has 1 amide bonds. The van der Waals surface area contributed by atoms with Gasteiger partial charge in [-0.15, -0.1) is 34.6 Å². The van der Waals surface area contributed by atoms with Gasteiger partial charge in [-0.25, -0.2) is 0 Å². The maximum absolute atomic E-state index is 12.4. The second-order valence-corrected chi connectivity index (χ2v) is 9.75. The largest absolute Gasteiger partial charge is 0.412 e. The lowest BCUT2D eigenvalue weighted by atomic mass is 10.2. The second-order valence-electron chi connectivity index (χ2n) is 7.86. The quantitative estimate of drug-likeness (QED) is 0.334. The van der Waals surface area contributed by atoms with Crippen LogP contribution in [0, 0.1) is 0 Å². The lowest BCUT2D eigenvalue weighted by Gasteiger charge is -2.37. The molecular formula is C26H25N3O4S2. The molecule has 0 spiro atoms. The summed E-state index contributed by atoms with van der Waals surface area (Å²) in [6.45, 7) is 1.45. The number of aliphatic hydroxyl groups excluding tert-OH is 2. The number of nitrogens with zero attached hydrogens (tertiary/aromatic N) is 3. The van der Waals surface area contributed by atoms with E-state index in [1.807, 2.05) is 78.9 Å². The van der Waals surface area contributed by atoms with Crippen molar-refractivity contribution in [3.05, 3.63) is 95.9 Å². The molecule has 1 aromatic heterocycles. The van der Waals surface area contributed by atoms with Crippen molar-refractivity contribution in [3.8, 4) is 11.5 Å². The van der Waals surface area contributed by atoms with Gasteiger partial charge in [0.05, 0.1) is 13.2 Å². The van der Waals surface area contributed by atoms with Crippen LogP contribution in [0.3, 0.4) is 0 Å². The topological polar surface area (TPSA) is 99.7 Å². The third-order valence-electron chi connectivity index (χ3n) is 5.29. The van der Waals surface area contributed by atoms with E-state index in [1.54, 1.807) is 16.7 Å². The zero-order chi connectivity index (χ0) is 24.6. The molecule has 0 atom stereocenters. The maximum atomic E-state index is 12.4. The van der Waals surface area contributed by atoms with Crippen molar-refractivity contribution in [2.24, 2.45) is 0 Å². The maximum Gasteiger partial charge on any atom is 0.311 e. The van der Waals surface area contributed by atoms with Crippen molar-refractivity contribution in [2.75, 3.05) is 13.1 Å². The van der Waals surface area contributed by atoms with Crippen molar-refractivity contribution < 1.29 is 19.4 Å². The predicted molar refractivity (Wildman–Crippen MR) is 137 cm³/mol. The van der Waals surface area contributed by atoms with Gasteiger partial charge in [0.25, 0.3) is 0 Å². The molecule has 0 bridgehead atoms. The SMILES string of the molecule is O=C(c1nnc(-c2ccccc2)o1)N1CC(Sc2ccc(CO)cc2)C1.OCc1ccc(S)cc1. The molecule has 1 saturated heterocycles. The number of thioether (sulfide) groups is 1. The zero-order valence-electron chi connectivity index (χ0n) is 18.8. The standard InChI is InChI=1S/C19H17N3O3S.C7H8OS/c23-12-13-6-8-15(9-7-13)26-16-10-22(11-16)19(24)18-21-20-17(25-18)14-4-2-1-3-5-14;8-5-6-1-3-7(9)4-2-6/h1-9,16,23H,10-12H2;1-4,8-9H,5H2. The number of aromatic nitrogens is 2. The molecule has 0 unspecified atom stereocenters. The first-order chi connectivity index (χ1) is 17.1. The van der Waals surface area contributed by atoms with Crippen LogP contribution in [-0.4, -0.2) is 49.6 Å². The summed E-state index contributed by atoms with van der Waals surface area (Å²) in [5, 5.41) is 25.9. The van der Waals surface area contributed by atoms with Crippen LogP contribution in [0.25, 0.3) is 11.5 Å². The average molecular weight is 508 g/mol. The number of likely N-dealkylation sites (tertiary alicyclic amines) is 1. The molecule has 2 heterocycles. The Bertz CT molecular complexity index is 1230. The van der Waals surface area contributed by atoms with Gasteiger partial charge in [0.1, 0.15) is 0 Å².